The minimum Gasteiger partial charge on any atom is -0.450 e. The van der Waals surface area contributed by atoms with Gasteiger partial charge in [0.15, 0.2) is 5.96 Å². The van der Waals surface area contributed by atoms with E-state index in [4.69, 9.17) is 4.74 Å². The minimum absolute atomic E-state index is 0.230. The molecule has 2 saturated heterocycles. The molecule has 27 heavy (non-hydrogen) atoms. The Bertz CT molecular complexity index is 651. The summed E-state index contributed by atoms with van der Waals surface area (Å²) in [6.07, 6.45) is 4.14. The lowest BCUT2D eigenvalue weighted by molar-refractivity contribution is 0.0914. The second-order valence-corrected chi connectivity index (χ2v) is 6.79. The third kappa shape index (κ3) is 5.02. The predicted octanol–water partition coefficient (Wildman–Crippen LogP) is 1.53. The molecule has 0 atom stereocenters. The Morgan fingerprint density at radius 2 is 1.89 bits per heavy atom. The first-order valence-electron chi connectivity index (χ1n) is 9.78. The Morgan fingerprint density at radius 1 is 1.19 bits per heavy atom. The van der Waals surface area contributed by atoms with E-state index >= 15 is 0 Å². The van der Waals surface area contributed by atoms with Crippen LogP contribution < -0.4 is 10.2 Å². The van der Waals surface area contributed by atoms with Crippen molar-refractivity contribution in [2.45, 2.75) is 26.3 Å². The van der Waals surface area contributed by atoms with Gasteiger partial charge < -0.3 is 24.8 Å². The molecule has 0 aliphatic carbocycles. The molecule has 0 aromatic carbocycles. The fraction of sp³-hybridized carbons (Fsp3) is 0.632. The number of piperazine rings is 1. The van der Waals surface area contributed by atoms with Crippen molar-refractivity contribution in [1.29, 1.82) is 0 Å². The average Bonchev–Trinajstić information content (AvgIpc) is 3.24. The zero-order valence-electron chi connectivity index (χ0n) is 16.4. The number of carbonyl (C=O) groups excluding carboxylic acids is 1. The van der Waals surface area contributed by atoms with Crippen LogP contribution in [0.4, 0.5) is 10.6 Å². The summed E-state index contributed by atoms with van der Waals surface area (Å²) >= 11 is 0. The van der Waals surface area contributed by atoms with Gasteiger partial charge in [0.05, 0.1) is 6.61 Å². The molecule has 3 rings (SSSR count). The molecule has 0 bridgehead atoms. The fourth-order valence-electron chi connectivity index (χ4n) is 3.52. The molecule has 2 fully saturated rings. The van der Waals surface area contributed by atoms with Crippen LogP contribution in [0.5, 0.6) is 0 Å². The molecule has 1 amide bonds. The molecule has 3 heterocycles. The molecule has 8 nitrogen and oxygen atoms in total. The van der Waals surface area contributed by atoms with Crippen molar-refractivity contribution in [2.75, 3.05) is 57.8 Å². The van der Waals surface area contributed by atoms with Gasteiger partial charge in [-0.15, -0.1) is 0 Å². The Labute approximate surface area is 161 Å². The van der Waals surface area contributed by atoms with E-state index in [0.717, 1.165) is 38.0 Å². The third-order valence-corrected chi connectivity index (χ3v) is 5.01. The number of anilines is 1. The molecule has 1 aromatic rings. The smallest absolute Gasteiger partial charge is 0.409 e. The number of nitrogens with zero attached hydrogens (tertiary/aromatic N) is 5. The number of rotatable bonds is 4. The van der Waals surface area contributed by atoms with Crippen LogP contribution in [0.15, 0.2) is 23.3 Å². The number of amides is 1. The van der Waals surface area contributed by atoms with E-state index in [1.807, 2.05) is 19.2 Å². The summed E-state index contributed by atoms with van der Waals surface area (Å²) in [5.41, 5.74) is 1.19. The average molecular weight is 374 g/mol. The lowest BCUT2D eigenvalue weighted by Crippen LogP contribution is -2.53. The Balaban J connectivity index is 1.51. The van der Waals surface area contributed by atoms with Crippen molar-refractivity contribution < 1.29 is 9.53 Å². The van der Waals surface area contributed by atoms with E-state index in [9.17, 15) is 4.79 Å². The number of hydrogen-bond donors (Lipinski definition) is 1. The quantitative estimate of drug-likeness (QED) is 0.637. The van der Waals surface area contributed by atoms with Crippen molar-refractivity contribution in [3.63, 3.8) is 0 Å². The predicted molar refractivity (Wildman–Crippen MR) is 106 cm³/mol. The van der Waals surface area contributed by atoms with Crippen molar-refractivity contribution >= 4 is 17.9 Å². The van der Waals surface area contributed by atoms with Gasteiger partial charge in [0, 0.05) is 59.1 Å². The number of nitrogens with one attached hydrogen (secondary N) is 1. The highest BCUT2D eigenvalue weighted by Crippen LogP contribution is 2.18. The summed E-state index contributed by atoms with van der Waals surface area (Å²) in [4.78, 5) is 27.0. The van der Waals surface area contributed by atoms with Gasteiger partial charge >= 0.3 is 6.09 Å². The minimum atomic E-state index is -0.230. The Kier molecular flexibility index (Phi) is 6.73. The summed E-state index contributed by atoms with van der Waals surface area (Å²) in [6.45, 7) is 7.91. The highest BCUT2D eigenvalue weighted by molar-refractivity contribution is 5.80. The van der Waals surface area contributed by atoms with Gasteiger partial charge in [-0.05, 0) is 37.5 Å². The maximum atomic E-state index is 11.8. The van der Waals surface area contributed by atoms with Crippen LogP contribution >= 0.6 is 0 Å². The van der Waals surface area contributed by atoms with Crippen LogP contribution in [0.3, 0.4) is 0 Å². The van der Waals surface area contributed by atoms with E-state index in [1.54, 1.807) is 11.9 Å². The van der Waals surface area contributed by atoms with Gasteiger partial charge in [-0.3, -0.25) is 4.99 Å². The monoisotopic (exact) mass is 374 g/mol. The van der Waals surface area contributed by atoms with Gasteiger partial charge in [-0.1, -0.05) is 0 Å². The van der Waals surface area contributed by atoms with Crippen LogP contribution in [-0.4, -0.2) is 79.8 Å². The molecule has 0 radical (unpaired) electrons. The maximum Gasteiger partial charge on any atom is 0.409 e. The molecule has 0 unspecified atom stereocenters. The number of guanidine groups is 1. The summed E-state index contributed by atoms with van der Waals surface area (Å²) in [6, 6.07) is 4.20. The van der Waals surface area contributed by atoms with Crippen molar-refractivity contribution in [2.24, 2.45) is 4.99 Å². The molecule has 148 valence electrons. The molecular weight excluding hydrogens is 344 g/mol. The topological polar surface area (TPSA) is 73.3 Å². The van der Waals surface area contributed by atoms with E-state index in [2.05, 4.69) is 31.2 Å². The number of carbonyl (C=O) groups is 1. The molecule has 1 N–H and O–H groups in total. The number of ether oxygens (including phenoxy) is 1. The number of aliphatic imine (C=N–C) groups is 1. The molecule has 0 spiro atoms. The van der Waals surface area contributed by atoms with Crippen LogP contribution in [0.25, 0.3) is 0 Å². The van der Waals surface area contributed by atoms with Gasteiger partial charge in [0.2, 0.25) is 0 Å². The second-order valence-electron chi connectivity index (χ2n) is 6.79. The summed E-state index contributed by atoms with van der Waals surface area (Å²) in [5.74, 6) is 1.92. The highest BCUT2D eigenvalue weighted by Gasteiger charge is 2.23. The maximum absolute atomic E-state index is 11.8. The van der Waals surface area contributed by atoms with Crippen molar-refractivity contribution in [3.05, 3.63) is 23.9 Å². The van der Waals surface area contributed by atoms with E-state index < -0.39 is 0 Å². The SMILES string of the molecule is CCOC(=O)N1CCN(C(=NC)NCc2ccnc(N3CCCC3)c2)CC1. The van der Waals surface area contributed by atoms with Gasteiger partial charge in [-0.25, -0.2) is 9.78 Å². The largest absolute Gasteiger partial charge is 0.450 e. The zero-order valence-corrected chi connectivity index (χ0v) is 16.4. The molecular formula is C19H30N6O2. The Morgan fingerprint density at radius 3 is 2.56 bits per heavy atom. The fourth-order valence-corrected chi connectivity index (χ4v) is 3.52. The summed E-state index contributed by atoms with van der Waals surface area (Å²) < 4.78 is 5.07. The van der Waals surface area contributed by atoms with Gasteiger partial charge in [0.1, 0.15) is 5.82 Å². The van der Waals surface area contributed by atoms with E-state index in [0.29, 0.717) is 26.2 Å². The lowest BCUT2D eigenvalue weighted by Gasteiger charge is -2.35. The molecule has 0 saturated carbocycles. The normalized spacial score (nSPS) is 18.0. The van der Waals surface area contributed by atoms with Crippen LogP contribution in [-0.2, 0) is 11.3 Å². The summed E-state index contributed by atoms with van der Waals surface area (Å²) in [7, 11) is 1.79. The lowest BCUT2D eigenvalue weighted by atomic mass is 10.2. The van der Waals surface area contributed by atoms with Gasteiger partial charge in [0.25, 0.3) is 0 Å². The van der Waals surface area contributed by atoms with Crippen molar-refractivity contribution in [1.82, 2.24) is 20.1 Å². The van der Waals surface area contributed by atoms with E-state index in [1.165, 1.54) is 18.4 Å². The molecule has 2 aliphatic heterocycles. The first kappa shape index (κ1) is 19.3. The number of pyridine rings is 1. The van der Waals surface area contributed by atoms with Gasteiger partial charge in [-0.2, -0.15) is 0 Å². The number of hydrogen-bond acceptors (Lipinski definition) is 5. The van der Waals surface area contributed by atoms with E-state index in [-0.39, 0.29) is 6.09 Å². The standard InChI is InChI=1S/C19H30N6O2/c1-3-27-19(26)25-12-10-24(11-13-25)18(20-2)22-15-16-6-7-21-17(14-16)23-8-4-5-9-23/h6-7,14H,3-5,8-13,15H2,1-2H3,(H,20,22). The first-order chi connectivity index (χ1) is 13.2. The second kappa shape index (κ2) is 9.43. The summed E-state index contributed by atoms with van der Waals surface area (Å²) in [5, 5.41) is 3.44. The molecule has 1 aromatic heterocycles. The zero-order chi connectivity index (χ0) is 19.1. The van der Waals surface area contributed by atoms with Crippen LogP contribution in [0.1, 0.15) is 25.3 Å². The number of aromatic nitrogens is 1. The highest BCUT2D eigenvalue weighted by atomic mass is 16.6. The van der Waals surface area contributed by atoms with Crippen LogP contribution in [0, 0.1) is 0 Å². The molecule has 2 aliphatic rings. The third-order valence-electron chi connectivity index (χ3n) is 5.01. The Hall–Kier alpha value is -2.51. The molecule has 8 heteroatoms. The first-order valence-corrected chi connectivity index (χ1v) is 9.78. The van der Waals surface area contributed by atoms with Crippen molar-refractivity contribution in [3.8, 4) is 0 Å². The van der Waals surface area contributed by atoms with Crippen LogP contribution in [0.2, 0.25) is 0 Å².